The van der Waals surface area contributed by atoms with E-state index >= 15 is 0 Å². The van der Waals surface area contributed by atoms with Gasteiger partial charge in [-0.3, -0.25) is 4.79 Å². The van der Waals surface area contributed by atoms with Crippen LogP contribution in [0.2, 0.25) is 0 Å². The van der Waals surface area contributed by atoms with E-state index in [2.05, 4.69) is 5.32 Å². The molecule has 1 atom stereocenters. The summed E-state index contributed by atoms with van der Waals surface area (Å²) in [5.74, 6) is -0.963. The number of hydrogen-bond donors (Lipinski definition) is 3. The molecule has 0 bridgehead atoms. The lowest BCUT2D eigenvalue weighted by Gasteiger charge is -2.16. The second-order valence-electron chi connectivity index (χ2n) is 4.43. The number of carbonyl (C=O) groups is 2. The number of benzene rings is 1. The van der Waals surface area contributed by atoms with E-state index in [4.69, 9.17) is 15.6 Å². The van der Waals surface area contributed by atoms with Crippen LogP contribution in [0.5, 0.6) is 0 Å². The monoisotopic (exact) mass is 280 g/mol. The predicted molar refractivity (Wildman–Crippen MR) is 74.1 cm³/mol. The average molecular weight is 280 g/mol. The molecule has 0 aliphatic rings. The predicted octanol–water partition coefficient (Wildman–Crippen LogP) is 1.50. The van der Waals surface area contributed by atoms with Crippen LogP contribution in [0.3, 0.4) is 0 Å². The number of hydrogen-bond acceptors (Lipinski definition) is 4. The van der Waals surface area contributed by atoms with Gasteiger partial charge in [0.25, 0.3) is 0 Å². The van der Waals surface area contributed by atoms with Crippen LogP contribution in [-0.4, -0.2) is 29.8 Å². The Bertz CT molecular complexity index is 422. The second kappa shape index (κ2) is 8.92. The maximum atomic E-state index is 11.6. The first-order valence-corrected chi connectivity index (χ1v) is 6.51. The summed E-state index contributed by atoms with van der Waals surface area (Å²) in [7, 11) is 0. The highest BCUT2D eigenvalue weighted by molar-refractivity contribution is 5.71. The van der Waals surface area contributed by atoms with Crippen molar-refractivity contribution in [2.45, 2.75) is 31.9 Å². The SMILES string of the molecule is NCCC[C@H](CC(=O)O)NC(=O)OCc1ccccc1. The van der Waals surface area contributed by atoms with Crippen molar-refractivity contribution in [3.63, 3.8) is 0 Å². The first kappa shape index (κ1) is 16.0. The molecule has 0 aliphatic heterocycles. The zero-order chi connectivity index (χ0) is 14.8. The van der Waals surface area contributed by atoms with Crippen LogP contribution in [0.25, 0.3) is 0 Å². The van der Waals surface area contributed by atoms with Crippen molar-refractivity contribution in [2.75, 3.05) is 6.54 Å². The van der Waals surface area contributed by atoms with Gasteiger partial charge in [0, 0.05) is 6.04 Å². The van der Waals surface area contributed by atoms with Crippen LogP contribution in [-0.2, 0) is 16.1 Å². The van der Waals surface area contributed by atoms with Gasteiger partial charge in [-0.05, 0) is 24.9 Å². The molecule has 0 radical (unpaired) electrons. The summed E-state index contributed by atoms with van der Waals surface area (Å²) in [6, 6.07) is 8.81. The molecule has 0 aliphatic carbocycles. The summed E-state index contributed by atoms with van der Waals surface area (Å²) in [5, 5.41) is 11.3. The maximum absolute atomic E-state index is 11.6. The minimum absolute atomic E-state index is 0.138. The average Bonchev–Trinajstić information content (AvgIpc) is 2.43. The Labute approximate surface area is 117 Å². The van der Waals surface area contributed by atoms with E-state index in [0.29, 0.717) is 19.4 Å². The summed E-state index contributed by atoms with van der Waals surface area (Å²) in [6.07, 6.45) is 0.415. The quantitative estimate of drug-likeness (QED) is 0.669. The minimum Gasteiger partial charge on any atom is -0.481 e. The van der Waals surface area contributed by atoms with Gasteiger partial charge >= 0.3 is 12.1 Å². The summed E-state index contributed by atoms with van der Waals surface area (Å²) >= 11 is 0. The fraction of sp³-hybridized carbons (Fsp3) is 0.429. The maximum Gasteiger partial charge on any atom is 0.407 e. The highest BCUT2D eigenvalue weighted by atomic mass is 16.5. The van der Waals surface area contributed by atoms with Gasteiger partial charge in [-0.15, -0.1) is 0 Å². The highest BCUT2D eigenvalue weighted by Crippen LogP contribution is 2.04. The number of amides is 1. The van der Waals surface area contributed by atoms with Gasteiger partial charge in [0.05, 0.1) is 6.42 Å². The Morgan fingerprint density at radius 3 is 2.60 bits per heavy atom. The number of nitrogens with two attached hydrogens (primary N) is 1. The molecule has 0 fully saturated rings. The topological polar surface area (TPSA) is 102 Å². The molecule has 20 heavy (non-hydrogen) atoms. The zero-order valence-corrected chi connectivity index (χ0v) is 11.2. The Kier molecular flexibility index (Phi) is 7.13. The van der Waals surface area contributed by atoms with Crippen molar-refractivity contribution in [3.05, 3.63) is 35.9 Å². The molecule has 110 valence electrons. The third kappa shape index (κ3) is 6.75. The van der Waals surface area contributed by atoms with Gasteiger partial charge in [-0.1, -0.05) is 30.3 Å². The van der Waals surface area contributed by atoms with E-state index in [0.717, 1.165) is 5.56 Å². The number of ether oxygens (including phenoxy) is 1. The van der Waals surface area contributed by atoms with Gasteiger partial charge in [0.2, 0.25) is 0 Å². The Balaban J connectivity index is 2.38. The van der Waals surface area contributed by atoms with Gasteiger partial charge in [-0.25, -0.2) is 4.79 Å². The molecular formula is C14H20N2O4. The number of aliphatic carboxylic acids is 1. The lowest BCUT2D eigenvalue weighted by atomic mass is 10.1. The molecule has 6 heteroatoms. The van der Waals surface area contributed by atoms with E-state index in [1.54, 1.807) is 0 Å². The Morgan fingerprint density at radius 2 is 2.00 bits per heavy atom. The van der Waals surface area contributed by atoms with Gasteiger partial charge in [0.15, 0.2) is 0 Å². The molecule has 0 saturated carbocycles. The summed E-state index contributed by atoms with van der Waals surface area (Å²) in [6.45, 7) is 0.611. The third-order valence-electron chi connectivity index (χ3n) is 2.71. The fourth-order valence-electron chi connectivity index (χ4n) is 1.73. The number of carbonyl (C=O) groups excluding carboxylic acids is 1. The molecule has 1 rings (SSSR count). The third-order valence-corrected chi connectivity index (χ3v) is 2.71. The second-order valence-corrected chi connectivity index (χ2v) is 4.43. The standard InChI is InChI=1S/C14H20N2O4/c15-8-4-7-12(9-13(17)18)16-14(19)20-10-11-5-2-1-3-6-11/h1-3,5-6,12H,4,7-10,15H2,(H,16,19)(H,17,18)/t12-/m1/s1. The normalized spacial score (nSPS) is 11.7. The van der Waals surface area contributed by atoms with Crippen LogP contribution in [0.4, 0.5) is 4.79 Å². The van der Waals surface area contributed by atoms with Crippen molar-refractivity contribution < 1.29 is 19.4 Å². The fourth-order valence-corrected chi connectivity index (χ4v) is 1.73. The lowest BCUT2D eigenvalue weighted by molar-refractivity contribution is -0.137. The first-order chi connectivity index (χ1) is 9.61. The van der Waals surface area contributed by atoms with Gasteiger partial charge in [0.1, 0.15) is 6.61 Å². The van der Waals surface area contributed by atoms with Crippen molar-refractivity contribution in [2.24, 2.45) is 5.73 Å². The zero-order valence-electron chi connectivity index (χ0n) is 11.2. The van der Waals surface area contributed by atoms with Crippen LogP contribution >= 0.6 is 0 Å². The van der Waals surface area contributed by atoms with Crippen molar-refractivity contribution in [1.29, 1.82) is 0 Å². The van der Waals surface area contributed by atoms with E-state index in [1.165, 1.54) is 0 Å². The van der Waals surface area contributed by atoms with Crippen molar-refractivity contribution in [3.8, 4) is 0 Å². The van der Waals surface area contributed by atoms with E-state index < -0.39 is 18.1 Å². The van der Waals surface area contributed by atoms with E-state index in [-0.39, 0.29) is 13.0 Å². The highest BCUT2D eigenvalue weighted by Gasteiger charge is 2.16. The number of carboxylic acids is 1. The number of alkyl carbamates (subject to hydrolysis) is 1. The molecule has 6 nitrogen and oxygen atoms in total. The molecule has 0 heterocycles. The molecule has 1 aromatic carbocycles. The van der Waals surface area contributed by atoms with E-state index in [1.807, 2.05) is 30.3 Å². The van der Waals surface area contributed by atoms with Crippen LogP contribution < -0.4 is 11.1 Å². The summed E-state index contributed by atoms with van der Waals surface area (Å²) in [4.78, 5) is 22.3. The Morgan fingerprint density at radius 1 is 1.30 bits per heavy atom. The van der Waals surface area contributed by atoms with Gasteiger partial charge in [-0.2, -0.15) is 0 Å². The number of rotatable bonds is 8. The largest absolute Gasteiger partial charge is 0.481 e. The van der Waals surface area contributed by atoms with Gasteiger partial charge < -0.3 is 20.9 Å². The minimum atomic E-state index is -0.963. The lowest BCUT2D eigenvalue weighted by Crippen LogP contribution is -2.37. The molecule has 1 aromatic rings. The van der Waals surface area contributed by atoms with Crippen LogP contribution in [0.1, 0.15) is 24.8 Å². The summed E-state index contributed by atoms with van der Waals surface area (Å²) < 4.78 is 5.05. The molecule has 0 spiro atoms. The molecule has 0 aromatic heterocycles. The van der Waals surface area contributed by atoms with Crippen molar-refractivity contribution in [1.82, 2.24) is 5.32 Å². The molecular weight excluding hydrogens is 260 g/mol. The molecule has 4 N–H and O–H groups in total. The molecule has 0 saturated heterocycles. The van der Waals surface area contributed by atoms with E-state index in [9.17, 15) is 9.59 Å². The number of nitrogens with one attached hydrogen (secondary N) is 1. The van der Waals surface area contributed by atoms with Crippen LogP contribution in [0, 0.1) is 0 Å². The van der Waals surface area contributed by atoms with Crippen LogP contribution in [0.15, 0.2) is 30.3 Å². The summed E-state index contributed by atoms with van der Waals surface area (Å²) in [5.41, 5.74) is 6.26. The van der Waals surface area contributed by atoms with Crippen molar-refractivity contribution >= 4 is 12.1 Å². The smallest absolute Gasteiger partial charge is 0.407 e. The Hall–Kier alpha value is -2.08. The molecule has 1 amide bonds. The first-order valence-electron chi connectivity index (χ1n) is 6.51. The number of carboxylic acid groups (broad SMARTS) is 1. The molecule has 0 unspecified atom stereocenters.